The number of carbonyl (C=O) groups excluding carboxylic acids is 1. The van der Waals surface area contributed by atoms with E-state index >= 15 is 0 Å². The summed E-state index contributed by atoms with van der Waals surface area (Å²) in [6, 6.07) is 8.20. The molecule has 0 unspecified atom stereocenters. The molecule has 1 amide bonds. The maximum absolute atomic E-state index is 11.6. The lowest BCUT2D eigenvalue weighted by Crippen LogP contribution is -2.11. The molecular weight excluding hydrogens is 270 g/mol. The minimum atomic E-state index is -0.283. The number of hydrogen-bond acceptors (Lipinski definition) is 6. The van der Waals surface area contributed by atoms with Crippen molar-refractivity contribution in [3.8, 4) is 17.9 Å². The van der Waals surface area contributed by atoms with E-state index in [2.05, 4.69) is 15.8 Å². The lowest BCUT2D eigenvalue weighted by atomic mass is 10.2. The molecule has 1 aromatic rings. The Kier molecular flexibility index (Phi) is 6.23. The van der Waals surface area contributed by atoms with Crippen LogP contribution in [-0.4, -0.2) is 18.7 Å². The van der Waals surface area contributed by atoms with Crippen LogP contribution in [0.5, 0.6) is 5.75 Å². The average molecular weight is 285 g/mol. The number of anilines is 2. The molecule has 0 radical (unpaired) electrons. The van der Waals surface area contributed by atoms with Gasteiger partial charge in [-0.2, -0.15) is 15.6 Å². The normalized spacial score (nSPS) is 8.95. The van der Waals surface area contributed by atoms with E-state index in [1.165, 1.54) is 7.11 Å². The van der Waals surface area contributed by atoms with Gasteiger partial charge < -0.3 is 10.1 Å². The molecule has 0 aromatic heterocycles. The number of methoxy groups -OCH3 is 1. The van der Waals surface area contributed by atoms with Crippen molar-refractivity contribution in [1.29, 1.82) is 10.5 Å². The van der Waals surface area contributed by atoms with Crippen molar-refractivity contribution in [2.24, 2.45) is 5.10 Å². The van der Waals surface area contributed by atoms with Crippen molar-refractivity contribution in [1.82, 2.24) is 0 Å². The number of rotatable bonds is 6. The molecular formula is C14H15N5O2. The van der Waals surface area contributed by atoms with Crippen molar-refractivity contribution in [2.45, 2.75) is 19.8 Å². The molecule has 0 aliphatic rings. The minimum absolute atomic E-state index is 0.0919. The number of amides is 1. The quantitative estimate of drug-likeness (QED) is 0.615. The van der Waals surface area contributed by atoms with Crippen LogP contribution in [0.15, 0.2) is 23.3 Å². The second kappa shape index (κ2) is 8.18. The summed E-state index contributed by atoms with van der Waals surface area (Å²) in [4.78, 5) is 11.6. The highest BCUT2D eigenvalue weighted by Gasteiger charge is 2.08. The molecule has 0 fully saturated rings. The molecule has 108 valence electrons. The summed E-state index contributed by atoms with van der Waals surface area (Å²) >= 11 is 0. The summed E-state index contributed by atoms with van der Waals surface area (Å²) in [5, 5.41) is 23.5. The van der Waals surface area contributed by atoms with Crippen LogP contribution in [0.2, 0.25) is 0 Å². The molecule has 21 heavy (non-hydrogen) atoms. The predicted molar refractivity (Wildman–Crippen MR) is 78.8 cm³/mol. The number of nitrogens with zero attached hydrogens (tertiary/aromatic N) is 3. The maximum atomic E-state index is 11.6. The second-order valence-electron chi connectivity index (χ2n) is 4.01. The van der Waals surface area contributed by atoms with E-state index in [9.17, 15) is 4.79 Å². The smallest absolute Gasteiger partial charge is 0.237 e. The lowest BCUT2D eigenvalue weighted by molar-refractivity contribution is -0.116. The van der Waals surface area contributed by atoms with Gasteiger partial charge in [-0.25, -0.2) is 0 Å². The third kappa shape index (κ3) is 4.84. The van der Waals surface area contributed by atoms with Gasteiger partial charge in [0, 0.05) is 12.5 Å². The molecule has 1 aromatic carbocycles. The van der Waals surface area contributed by atoms with Gasteiger partial charge in [0.1, 0.15) is 17.9 Å². The predicted octanol–water partition coefficient (Wildman–Crippen LogP) is 2.25. The van der Waals surface area contributed by atoms with E-state index in [1.54, 1.807) is 30.3 Å². The zero-order chi connectivity index (χ0) is 15.7. The van der Waals surface area contributed by atoms with E-state index in [4.69, 9.17) is 15.3 Å². The number of hydrazone groups is 1. The van der Waals surface area contributed by atoms with Crippen molar-refractivity contribution >= 4 is 23.0 Å². The first-order chi connectivity index (χ1) is 10.1. The fourth-order valence-corrected chi connectivity index (χ4v) is 1.50. The Bertz CT molecular complexity index is 609. The summed E-state index contributed by atoms with van der Waals surface area (Å²) in [7, 11) is 1.48. The Morgan fingerprint density at radius 1 is 1.38 bits per heavy atom. The van der Waals surface area contributed by atoms with E-state index in [0.717, 1.165) is 6.42 Å². The van der Waals surface area contributed by atoms with Crippen LogP contribution in [0, 0.1) is 22.7 Å². The summed E-state index contributed by atoms with van der Waals surface area (Å²) in [6.45, 7) is 1.92. The second-order valence-corrected chi connectivity index (χ2v) is 4.01. The molecule has 0 saturated heterocycles. The highest BCUT2D eigenvalue weighted by Crippen LogP contribution is 2.28. The van der Waals surface area contributed by atoms with Crippen molar-refractivity contribution in [3.05, 3.63) is 18.2 Å². The molecule has 0 saturated carbocycles. The van der Waals surface area contributed by atoms with Gasteiger partial charge >= 0.3 is 0 Å². The van der Waals surface area contributed by atoms with Crippen LogP contribution in [0.3, 0.4) is 0 Å². The van der Waals surface area contributed by atoms with Crippen LogP contribution >= 0.6 is 0 Å². The summed E-state index contributed by atoms with van der Waals surface area (Å²) in [5.41, 5.74) is 3.37. The first-order valence-corrected chi connectivity index (χ1v) is 6.26. The fraction of sp³-hybridized carbons (Fsp3) is 0.286. The molecule has 7 heteroatoms. The zero-order valence-electron chi connectivity index (χ0n) is 11.8. The summed E-state index contributed by atoms with van der Waals surface area (Å²) in [6.07, 6.45) is 1.19. The monoisotopic (exact) mass is 285 g/mol. The summed E-state index contributed by atoms with van der Waals surface area (Å²) in [5.74, 6) is 0.362. The Labute approximate surface area is 122 Å². The highest BCUT2D eigenvalue weighted by molar-refractivity contribution is 6.10. The Balaban J connectivity index is 2.89. The number of carbonyl (C=O) groups is 1. The van der Waals surface area contributed by atoms with Gasteiger partial charge in [-0.3, -0.25) is 10.2 Å². The topological polar surface area (TPSA) is 110 Å². The van der Waals surface area contributed by atoms with Crippen LogP contribution < -0.4 is 15.5 Å². The molecule has 0 aliphatic heterocycles. The summed E-state index contributed by atoms with van der Waals surface area (Å²) < 4.78 is 5.19. The number of benzene rings is 1. The fourth-order valence-electron chi connectivity index (χ4n) is 1.50. The third-order valence-electron chi connectivity index (χ3n) is 2.46. The maximum Gasteiger partial charge on any atom is 0.237 e. The van der Waals surface area contributed by atoms with E-state index in [1.807, 2.05) is 6.92 Å². The average Bonchev–Trinajstić information content (AvgIpc) is 2.49. The van der Waals surface area contributed by atoms with Crippen LogP contribution in [0.1, 0.15) is 19.8 Å². The number of hydrogen-bond donors (Lipinski definition) is 2. The van der Waals surface area contributed by atoms with Gasteiger partial charge in [-0.15, -0.1) is 0 Å². The zero-order valence-corrected chi connectivity index (χ0v) is 11.8. The van der Waals surface area contributed by atoms with Crippen molar-refractivity contribution in [2.75, 3.05) is 17.9 Å². The third-order valence-corrected chi connectivity index (χ3v) is 2.46. The van der Waals surface area contributed by atoms with Gasteiger partial charge in [-0.1, -0.05) is 6.92 Å². The number of nitriles is 2. The molecule has 1 rings (SSSR count). The van der Waals surface area contributed by atoms with Crippen LogP contribution in [0.25, 0.3) is 0 Å². The standard InChI is InChI=1S/C14H15N5O2/c1-3-4-14(20)17-12-6-5-10(7-13(12)21-2)18-19-11(8-15)9-16/h5-7,18H,3-4H2,1-2H3,(H,17,20). The molecule has 0 heterocycles. The van der Waals surface area contributed by atoms with Crippen LogP contribution in [-0.2, 0) is 4.79 Å². The molecule has 0 spiro atoms. The molecule has 2 N–H and O–H groups in total. The first-order valence-electron chi connectivity index (χ1n) is 6.26. The van der Waals surface area contributed by atoms with Gasteiger partial charge in [0.15, 0.2) is 0 Å². The minimum Gasteiger partial charge on any atom is -0.494 e. The first kappa shape index (κ1) is 16.0. The Morgan fingerprint density at radius 2 is 2.10 bits per heavy atom. The van der Waals surface area contributed by atoms with E-state index in [0.29, 0.717) is 23.5 Å². The van der Waals surface area contributed by atoms with Crippen LogP contribution in [0.4, 0.5) is 11.4 Å². The molecule has 0 atom stereocenters. The van der Waals surface area contributed by atoms with Gasteiger partial charge in [0.2, 0.25) is 11.6 Å². The Hall–Kier alpha value is -3.06. The van der Waals surface area contributed by atoms with Gasteiger partial charge in [0.05, 0.1) is 18.5 Å². The number of nitrogens with one attached hydrogen (secondary N) is 2. The largest absolute Gasteiger partial charge is 0.494 e. The number of ether oxygens (including phenoxy) is 1. The van der Waals surface area contributed by atoms with Crippen molar-refractivity contribution < 1.29 is 9.53 Å². The molecule has 0 bridgehead atoms. The lowest BCUT2D eigenvalue weighted by Gasteiger charge is -2.11. The highest BCUT2D eigenvalue weighted by atomic mass is 16.5. The van der Waals surface area contributed by atoms with E-state index in [-0.39, 0.29) is 11.6 Å². The van der Waals surface area contributed by atoms with E-state index < -0.39 is 0 Å². The van der Waals surface area contributed by atoms with Crippen molar-refractivity contribution in [3.63, 3.8) is 0 Å². The molecule has 0 aliphatic carbocycles. The molecule has 7 nitrogen and oxygen atoms in total. The SMILES string of the molecule is CCCC(=O)Nc1ccc(NN=C(C#N)C#N)cc1OC. The van der Waals surface area contributed by atoms with Gasteiger partial charge in [0.25, 0.3) is 0 Å². The van der Waals surface area contributed by atoms with Gasteiger partial charge in [-0.05, 0) is 18.6 Å². The Morgan fingerprint density at radius 3 is 2.67 bits per heavy atom.